The molecule has 7 heteroatoms. The number of hydrogen-bond acceptors (Lipinski definition) is 5. The molecule has 1 unspecified atom stereocenters. The SMILES string of the molecule is Cc1ccc2cc(CN(Cc3ccccc3)C(c3nnnn3C3CCCC3)C(C)C)c(=O)[nH]c2c1. The van der Waals surface area contributed by atoms with Crippen molar-refractivity contribution in [2.75, 3.05) is 0 Å². The van der Waals surface area contributed by atoms with Gasteiger partial charge >= 0.3 is 0 Å². The molecule has 2 heterocycles. The fourth-order valence-corrected chi connectivity index (χ4v) is 5.45. The minimum Gasteiger partial charge on any atom is -0.322 e. The van der Waals surface area contributed by atoms with Crippen molar-refractivity contribution >= 4 is 10.9 Å². The first kappa shape index (κ1) is 23.4. The Bertz CT molecular complexity index is 1340. The molecule has 35 heavy (non-hydrogen) atoms. The lowest BCUT2D eigenvalue weighted by molar-refractivity contribution is 0.123. The number of aromatic amines is 1. The van der Waals surface area contributed by atoms with Crippen LogP contribution in [-0.2, 0) is 13.1 Å². The fourth-order valence-electron chi connectivity index (χ4n) is 5.45. The van der Waals surface area contributed by atoms with Gasteiger partial charge in [-0.1, -0.05) is 69.2 Å². The molecular formula is C28H34N6O. The Kier molecular flexibility index (Phi) is 6.77. The van der Waals surface area contributed by atoms with Crippen molar-refractivity contribution < 1.29 is 0 Å². The third-order valence-electron chi connectivity index (χ3n) is 7.16. The van der Waals surface area contributed by atoms with Crippen molar-refractivity contribution in [3.05, 3.63) is 87.5 Å². The van der Waals surface area contributed by atoms with Crippen LogP contribution in [0.25, 0.3) is 10.9 Å². The Hall–Kier alpha value is -3.32. The maximum absolute atomic E-state index is 13.2. The van der Waals surface area contributed by atoms with Crippen molar-refractivity contribution in [2.24, 2.45) is 5.92 Å². The van der Waals surface area contributed by atoms with Crippen LogP contribution in [0, 0.1) is 12.8 Å². The molecule has 0 radical (unpaired) electrons. The quantitative estimate of drug-likeness (QED) is 0.376. The largest absolute Gasteiger partial charge is 0.322 e. The lowest BCUT2D eigenvalue weighted by Gasteiger charge is -2.34. The molecule has 0 amide bonds. The second-order valence-corrected chi connectivity index (χ2v) is 10.2. The maximum Gasteiger partial charge on any atom is 0.252 e. The van der Waals surface area contributed by atoms with Crippen LogP contribution in [0.3, 0.4) is 0 Å². The van der Waals surface area contributed by atoms with E-state index in [1.54, 1.807) is 0 Å². The highest BCUT2D eigenvalue weighted by atomic mass is 16.1. The summed E-state index contributed by atoms with van der Waals surface area (Å²) in [5, 5.41) is 14.1. The molecule has 1 fully saturated rings. The Labute approximate surface area is 206 Å². The average molecular weight is 471 g/mol. The standard InChI is InChI=1S/C28H34N6O/c1-19(2)26(27-30-31-32-34(27)24-11-7-8-12-24)33(17-21-9-5-4-6-10-21)18-23-16-22-14-13-20(3)15-25(22)29-28(23)35/h4-6,9-10,13-16,19,24,26H,7-8,11-12,17-18H2,1-3H3,(H,29,35). The van der Waals surface area contributed by atoms with E-state index in [1.165, 1.54) is 18.4 Å². The van der Waals surface area contributed by atoms with Gasteiger partial charge in [0.2, 0.25) is 0 Å². The van der Waals surface area contributed by atoms with Crippen LogP contribution >= 0.6 is 0 Å². The van der Waals surface area contributed by atoms with E-state index in [9.17, 15) is 4.79 Å². The second kappa shape index (κ2) is 10.1. The summed E-state index contributed by atoms with van der Waals surface area (Å²) < 4.78 is 2.06. The third-order valence-corrected chi connectivity index (χ3v) is 7.16. The van der Waals surface area contributed by atoms with Crippen LogP contribution in [0.4, 0.5) is 0 Å². The zero-order valence-corrected chi connectivity index (χ0v) is 20.8. The van der Waals surface area contributed by atoms with Crippen molar-refractivity contribution in [2.45, 2.75) is 71.6 Å². The number of nitrogens with one attached hydrogen (secondary N) is 1. The molecule has 0 saturated heterocycles. The molecule has 0 aliphatic heterocycles. The monoisotopic (exact) mass is 470 g/mol. The molecule has 7 nitrogen and oxygen atoms in total. The molecule has 2 aromatic heterocycles. The van der Waals surface area contributed by atoms with Crippen molar-refractivity contribution in [3.63, 3.8) is 0 Å². The van der Waals surface area contributed by atoms with Gasteiger partial charge in [0.25, 0.3) is 5.56 Å². The Morgan fingerprint density at radius 1 is 1.06 bits per heavy atom. The highest BCUT2D eigenvalue weighted by Gasteiger charge is 2.32. The van der Waals surface area contributed by atoms with Gasteiger partial charge in [0.15, 0.2) is 5.82 Å². The smallest absolute Gasteiger partial charge is 0.252 e. The van der Waals surface area contributed by atoms with E-state index in [0.29, 0.717) is 19.1 Å². The van der Waals surface area contributed by atoms with Gasteiger partial charge in [0.05, 0.1) is 12.1 Å². The van der Waals surface area contributed by atoms with Crippen LogP contribution in [0.1, 0.15) is 74.1 Å². The number of nitrogens with zero attached hydrogens (tertiary/aromatic N) is 5. The van der Waals surface area contributed by atoms with Crippen LogP contribution in [0.2, 0.25) is 0 Å². The second-order valence-electron chi connectivity index (χ2n) is 10.2. The number of rotatable bonds is 8. The summed E-state index contributed by atoms with van der Waals surface area (Å²) in [7, 11) is 0. The average Bonchev–Trinajstić information content (AvgIpc) is 3.52. The van der Waals surface area contributed by atoms with Gasteiger partial charge < -0.3 is 4.98 Å². The highest BCUT2D eigenvalue weighted by molar-refractivity contribution is 5.79. The molecule has 1 N–H and O–H groups in total. The molecule has 2 aromatic carbocycles. The Morgan fingerprint density at radius 2 is 1.83 bits per heavy atom. The number of pyridine rings is 1. The molecule has 1 saturated carbocycles. The van der Waals surface area contributed by atoms with Gasteiger partial charge in [-0.15, -0.1) is 5.10 Å². The third kappa shape index (κ3) is 5.05. The minimum absolute atomic E-state index is 0.0288. The lowest BCUT2D eigenvalue weighted by Crippen LogP contribution is -2.35. The highest BCUT2D eigenvalue weighted by Crippen LogP contribution is 2.35. The van der Waals surface area contributed by atoms with E-state index in [4.69, 9.17) is 0 Å². The van der Waals surface area contributed by atoms with Gasteiger partial charge in [-0.3, -0.25) is 9.69 Å². The van der Waals surface area contributed by atoms with Gasteiger partial charge in [0.1, 0.15) is 0 Å². The van der Waals surface area contributed by atoms with Crippen molar-refractivity contribution in [1.82, 2.24) is 30.1 Å². The molecule has 4 aromatic rings. The van der Waals surface area contributed by atoms with Gasteiger partial charge in [-0.2, -0.15) is 0 Å². The summed E-state index contributed by atoms with van der Waals surface area (Å²) in [5.74, 6) is 1.16. The van der Waals surface area contributed by atoms with E-state index in [0.717, 1.165) is 40.7 Å². The number of hydrogen-bond donors (Lipinski definition) is 1. The minimum atomic E-state index is -0.0425. The number of aromatic nitrogens is 5. The Balaban J connectivity index is 1.56. The summed E-state index contributed by atoms with van der Waals surface area (Å²) in [6.45, 7) is 7.67. The van der Waals surface area contributed by atoms with Crippen molar-refractivity contribution in [3.8, 4) is 0 Å². The summed E-state index contributed by atoms with van der Waals surface area (Å²) in [6.07, 6.45) is 4.67. The molecule has 0 bridgehead atoms. The zero-order chi connectivity index (χ0) is 24.4. The molecular weight excluding hydrogens is 436 g/mol. The summed E-state index contributed by atoms with van der Waals surface area (Å²) in [5.41, 5.74) is 3.91. The lowest BCUT2D eigenvalue weighted by atomic mass is 9.99. The summed E-state index contributed by atoms with van der Waals surface area (Å²) in [6, 6.07) is 19.0. The summed E-state index contributed by atoms with van der Waals surface area (Å²) >= 11 is 0. The van der Waals surface area contributed by atoms with Crippen molar-refractivity contribution in [1.29, 1.82) is 0 Å². The predicted molar refractivity (Wildman–Crippen MR) is 138 cm³/mol. The summed E-state index contributed by atoms with van der Waals surface area (Å²) in [4.78, 5) is 18.6. The van der Waals surface area contributed by atoms with Crippen LogP contribution in [-0.4, -0.2) is 30.1 Å². The Morgan fingerprint density at radius 3 is 2.57 bits per heavy atom. The fraction of sp³-hybridized carbons (Fsp3) is 0.429. The molecule has 182 valence electrons. The van der Waals surface area contributed by atoms with E-state index in [2.05, 4.69) is 80.3 Å². The van der Waals surface area contributed by atoms with E-state index >= 15 is 0 Å². The van der Waals surface area contributed by atoms with Crippen LogP contribution in [0.15, 0.2) is 59.4 Å². The number of benzene rings is 2. The molecule has 0 spiro atoms. The van der Waals surface area contributed by atoms with E-state index in [-0.39, 0.29) is 17.5 Å². The predicted octanol–water partition coefficient (Wildman–Crippen LogP) is 5.34. The normalized spacial score (nSPS) is 15.5. The molecule has 1 aliphatic rings. The zero-order valence-electron chi connectivity index (χ0n) is 20.8. The number of aryl methyl sites for hydroxylation is 1. The molecule has 1 atom stereocenters. The first-order valence-corrected chi connectivity index (χ1v) is 12.7. The van der Waals surface area contributed by atoms with E-state index < -0.39 is 0 Å². The van der Waals surface area contributed by atoms with Crippen LogP contribution < -0.4 is 5.56 Å². The van der Waals surface area contributed by atoms with Crippen LogP contribution in [0.5, 0.6) is 0 Å². The number of H-pyrrole nitrogens is 1. The van der Waals surface area contributed by atoms with Gasteiger partial charge in [-0.25, -0.2) is 4.68 Å². The topological polar surface area (TPSA) is 79.7 Å². The first-order chi connectivity index (χ1) is 17.0. The first-order valence-electron chi connectivity index (χ1n) is 12.7. The molecule has 1 aliphatic carbocycles. The maximum atomic E-state index is 13.2. The van der Waals surface area contributed by atoms with Gasteiger partial charge in [0, 0.05) is 24.2 Å². The van der Waals surface area contributed by atoms with Gasteiger partial charge in [-0.05, 0) is 64.8 Å². The number of fused-ring (bicyclic) bond motifs is 1. The van der Waals surface area contributed by atoms with E-state index in [1.807, 2.05) is 25.1 Å². The molecule has 5 rings (SSSR count). The number of tetrazole rings is 1.